The molecule has 0 radical (unpaired) electrons. The number of rotatable bonds is 5. The van der Waals surface area contributed by atoms with Crippen molar-refractivity contribution in [3.05, 3.63) is 65.7 Å². The van der Waals surface area contributed by atoms with Crippen LogP contribution in [0.15, 0.2) is 49.3 Å². The van der Waals surface area contributed by atoms with Crippen LogP contribution in [-0.2, 0) is 0 Å². The van der Waals surface area contributed by atoms with Gasteiger partial charge < -0.3 is 10.6 Å². The second-order valence-electron chi connectivity index (χ2n) is 5.97. The molecule has 1 saturated carbocycles. The van der Waals surface area contributed by atoms with E-state index < -0.39 is 0 Å². The number of anilines is 3. The number of carbonyl (C=O) groups excluding carboxylic acids is 1. The van der Waals surface area contributed by atoms with Crippen LogP contribution < -0.4 is 10.6 Å². The number of hydrogen-bond donors (Lipinski definition) is 2. The Balaban J connectivity index is 1.66. The lowest BCUT2D eigenvalue weighted by Crippen LogP contribution is -2.17. The summed E-state index contributed by atoms with van der Waals surface area (Å²) in [4.78, 5) is 29.3. The van der Waals surface area contributed by atoms with Crippen LogP contribution in [0.4, 0.5) is 17.1 Å². The first-order chi connectivity index (χ1) is 12.7. The Morgan fingerprint density at radius 1 is 1.04 bits per heavy atom. The molecule has 0 bridgehead atoms. The molecule has 0 spiro atoms. The minimum Gasteiger partial charge on any atom is -0.351 e. The summed E-state index contributed by atoms with van der Waals surface area (Å²) in [5.74, 6) is 0.0689. The lowest BCUT2D eigenvalue weighted by molar-refractivity contribution is 0.102. The highest BCUT2D eigenvalue weighted by Crippen LogP contribution is 2.39. The molecule has 1 amide bonds. The van der Waals surface area contributed by atoms with Gasteiger partial charge >= 0.3 is 0 Å². The highest BCUT2D eigenvalue weighted by atomic mass is 35.5. The van der Waals surface area contributed by atoms with E-state index in [1.807, 2.05) is 12.1 Å². The summed E-state index contributed by atoms with van der Waals surface area (Å²) < 4.78 is 0. The zero-order chi connectivity index (χ0) is 17.9. The second kappa shape index (κ2) is 7.05. The number of hydrogen-bond acceptors (Lipinski definition) is 6. The molecule has 130 valence electrons. The maximum atomic E-state index is 12.8. The van der Waals surface area contributed by atoms with Crippen LogP contribution in [0.5, 0.6) is 0 Å². The Morgan fingerprint density at radius 2 is 1.85 bits per heavy atom. The molecule has 0 saturated heterocycles. The standard InChI is InChI=1S/C18H15ClN6O/c19-13-5-6-20-9-16(13)25-18(26)17-15(23-12-7-21-10-22-8-12)4-3-14(24-17)11-1-2-11/h3-11,23H,1-2H2,(H,25,26). The first kappa shape index (κ1) is 16.4. The maximum Gasteiger partial charge on any atom is 0.276 e. The fourth-order valence-corrected chi connectivity index (χ4v) is 2.68. The number of halogens is 1. The average Bonchev–Trinajstić information content (AvgIpc) is 3.50. The number of pyridine rings is 2. The summed E-state index contributed by atoms with van der Waals surface area (Å²) in [6.45, 7) is 0. The maximum absolute atomic E-state index is 12.8. The van der Waals surface area contributed by atoms with E-state index in [1.165, 1.54) is 12.5 Å². The van der Waals surface area contributed by atoms with Crippen LogP contribution in [0.1, 0.15) is 34.9 Å². The van der Waals surface area contributed by atoms with Gasteiger partial charge in [0.2, 0.25) is 0 Å². The Morgan fingerprint density at radius 3 is 2.58 bits per heavy atom. The van der Waals surface area contributed by atoms with Crippen LogP contribution in [-0.4, -0.2) is 25.8 Å². The highest BCUT2D eigenvalue weighted by Gasteiger charge is 2.27. The smallest absolute Gasteiger partial charge is 0.276 e. The highest BCUT2D eigenvalue weighted by molar-refractivity contribution is 6.33. The lowest BCUT2D eigenvalue weighted by atomic mass is 10.2. The molecule has 3 aromatic rings. The van der Waals surface area contributed by atoms with Crippen molar-refractivity contribution < 1.29 is 4.79 Å². The summed E-state index contributed by atoms with van der Waals surface area (Å²) in [5, 5.41) is 6.33. The third kappa shape index (κ3) is 3.62. The molecule has 0 aliphatic heterocycles. The Bertz CT molecular complexity index is 945. The van der Waals surface area contributed by atoms with Crippen LogP contribution in [0, 0.1) is 0 Å². The van der Waals surface area contributed by atoms with Crippen molar-refractivity contribution >= 4 is 34.6 Å². The quantitative estimate of drug-likeness (QED) is 0.713. The zero-order valence-electron chi connectivity index (χ0n) is 13.7. The Labute approximate surface area is 154 Å². The molecule has 8 heteroatoms. The Hall–Kier alpha value is -3.06. The van der Waals surface area contributed by atoms with Crippen molar-refractivity contribution in [1.82, 2.24) is 19.9 Å². The van der Waals surface area contributed by atoms with Gasteiger partial charge in [0.1, 0.15) is 6.33 Å². The fourth-order valence-electron chi connectivity index (χ4n) is 2.52. The van der Waals surface area contributed by atoms with Gasteiger partial charge in [-0.2, -0.15) is 0 Å². The molecule has 26 heavy (non-hydrogen) atoms. The number of nitrogens with zero attached hydrogens (tertiary/aromatic N) is 4. The van der Waals surface area contributed by atoms with Gasteiger partial charge in [-0.3, -0.25) is 9.78 Å². The molecular weight excluding hydrogens is 352 g/mol. The van der Waals surface area contributed by atoms with E-state index in [0.29, 0.717) is 28.0 Å². The van der Waals surface area contributed by atoms with Gasteiger partial charge in [0.15, 0.2) is 5.69 Å². The molecular formula is C18H15ClN6O. The van der Waals surface area contributed by atoms with E-state index in [2.05, 4.69) is 30.6 Å². The molecule has 0 atom stereocenters. The van der Waals surface area contributed by atoms with E-state index >= 15 is 0 Å². The van der Waals surface area contributed by atoms with E-state index in [1.54, 1.807) is 24.7 Å². The molecule has 0 aromatic carbocycles. The van der Waals surface area contributed by atoms with Gasteiger partial charge in [-0.05, 0) is 31.0 Å². The molecule has 3 heterocycles. The molecule has 7 nitrogen and oxygen atoms in total. The topological polar surface area (TPSA) is 92.7 Å². The van der Waals surface area contributed by atoms with Gasteiger partial charge in [0, 0.05) is 17.8 Å². The molecule has 3 aromatic heterocycles. The van der Waals surface area contributed by atoms with Gasteiger partial charge in [0.05, 0.1) is 40.7 Å². The van der Waals surface area contributed by atoms with Crippen molar-refractivity contribution in [2.24, 2.45) is 0 Å². The van der Waals surface area contributed by atoms with Crippen LogP contribution >= 0.6 is 11.6 Å². The van der Waals surface area contributed by atoms with E-state index in [4.69, 9.17) is 11.6 Å². The van der Waals surface area contributed by atoms with Crippen molar-refractivity contribution in [1.29, 1.82) is 0 Å². The van der Waals surface area contributed by atoms with E-state index in [0.717, 1.165) is 18.5 Å². The third-order valence-electron chi connectivity index (χ3n) is 3.98. The largest absolute Gasteiger partial charge is 0.351 e. The lowest BCUT2D eigenvalue weighted by Gasteiger charge is -2.13. The van der Waals surface area contributed by atoms with Crippen molar-refractivity contribution in [2.45, 2.75) is 18.8 Å². The summed E-state index contributed by atoms with van der Waals surface area (Å²) in [7, 11) is 0. The number of carbonyl (C=O) groups is 1. The van der Waals surface area contributed by atoms with Gasteiger partial charge in [-0.1, -0.05) is 11.6 Å². The van der Waals surface area contributed by atoms with Crippen molar-refractivity contribution in [2.75, 3.05) is 10.6 Å². The molecule has 1 aliphatic rings. The average molecular weight is 367 g/mol. The zero-order valence-corrected chi connectivity index (χ0v) is 14.4. The van der Waals surface area contributed by atoms with Gasteiger partial charge in [-0.15, -0.1) is 0 Å². The van der Waals surface area contributed by atoms with Crippen molar-refractivity contribution in [3.8, 4) is 0 Å². The van der Waals surface area contributed by atoms with E-state index in [9.17, 15) is 4.79 Å². The number of nitrogens with one attached hydrogen (secondary N) is 2. The molecule has 1 fully saturated rings. The fraction of sp³-hybridized carbons (Fsp3) is 0.167. The number of aromatic nitrogens is 4. The molecule has 4 rings (SSSR count). The SMILES string of the molecule is O=C(Nc1cnccc1Cl)c1nc(C2CC2)ccc1Nc1cncnc1. The minimum atomic E-state index is -0.359. The molecule has 1 aliphatic carbocycles. The normalized spacial score (nSPS) is 13.3. The third-order valence-corrected chi connectivity index (χ3v) is 4.31. The summed E-state index contributed by atoms with van der Waals surface area (Å²) >= 11 is 6.11. The first-order valence-corrected chi connectivity index (χ1v) is 8.52. The predicted molar refractivity (Wildman–Crippen MR) is 98.7 cm³/mol. The van der Waals surface area contributed by atoms with Crippen LogP contribution in [0.3, 0.4) is 0 Å². The Kier molecular flexibility index (Phi) is 4.45. The van der Waals surface area contributed by atoms with Crippen LogP contribution in [0.2, 0.25) is 5.02 Å². The number of amides is 1. The first-order valence-electron chi connectivity index (χ1n) is 8.14. The minimum absolute atomic E-state index is 0.290. The molecule has 2 N–H and O–H groups in total. The monoisotopic (exact) mass is 366 g/mol. The summed E-state index contributed by atoms with van der Waals surface area (Å²) in [6.07, 6.45) is 9.96. The summed E-state index contributed by atoms with van der Waals surface area (Å²) in [6, 6.07) is 5.41. The predicted octanol–water partition coefficient (Wildman–Crippen LogP) is 3.79. The van der Waals surface area contributed by atoms with Gasteiger partial charge in [0.25, 0.3) is 5.91 Å². The van der Waals surface area contributed by atoms with E-state index in [-0.39, 0.29) is 11.6 Å². The summed E-state index contributed by atoms with van der Waals surface area (Å²) in [5.41, 5.74) is 2.89. The van der Waals surface area contributed by atoms with Gasteiger partial charge in [-0.25, -0.2) is 15.0 Å². The van der Waals surface area contributed by atoms with Crippen molar-refractivity contribution in [3.63, 3.8) is 0 Å². The second-order valence-corrected chi connectivity index (χ2v) is 6.38. The molecule has 0 unspecified atom stereocenters. The van der Waals surface area contributed by atoms with Crippen LogP contribution in [0.25, 0.3) is 0 Å².